The summed E-state index contributed by atoms with van der Waals surface area (Å²) in [6.07, 6.45) is 1.00. The van der Waals surface area contributed by atoms with Crippen LogP contribution in [0.4, 0.5) is 10.5 Å². The van der Waals surface area contributed by atoms with Crippen molar-refractivity contribution in [1.29, 1.82) is 0 Å². The molecule has 0 unspecified atom stereocenters. The minimum absolute atomic E-state index is 0.0461. The lowest BCUT2D eigenvalue weighted by atomic mass is 10.1. The Morgan fingerprint density at radius 3 is 2.44 bits per heavy atom. The number of hydrogen-bond donors (Lipinski definition) is 1. The van der Waals surface area contributed by atoms with Crippen LogP contribution in [0.5, 0.6) is 5.75 Å². The number of nitrogens with one attached hydrogen (secondary N) is 1. The molecule has 27 heavy (non-hydrogen) atoms. The number of amides is 2. The average Bonchev–Trinajstić information content (AvgIpc) is 2.69. The topological polar surface area (TPSA) is 44.8 Å². The third-order valence-electron chi connectivity index (χ3n) is 4.97. The first-order valence-corrected chi connectivity index (χ1v) is 9.60. The number of aryl methyl sites for hydroxylation is 1. The Kier molecular flexibility index (Phi) is 6.58. The highest BCUT2D eigenvalue weighted by Gasteiger charge is 2.21. The van der Waals surface area contributed by atoms with Gasteiger partial charge in [-0.15, -0.1) is 0 Å². The van der Waals surface area contributed by atoms with Gasteiger partial charge in [0.2, 0.25) is 0 Å². The Hall–Kier alpha value is -2.24. The minimum atomic E-state index is -0.0461. The lowest BCUT2D eigenvalue weighted by Crippen LogP contribution is -2.50. The van der Waals surface area contributed by atoms with Crippen molar-refractivity contribution in [2.24, 2.45) is 0 Å². The number of benzene rings is 2. The van der Waals surface area contributed by atoms with E-state index in [-0.39, 0.29) is 6.03 Å². The van der Waals surface area contributed by atoms with Crippen LogP contribution in [0.3, 0.4) is 0 Å². The van der Waals surface area contributed by atoms with Crippen molar-refractivity contribution in [3.05, 3.63) is 58.6 Å². The fourth-order valence-electron chi connectivity index (χ4n) is 3.22. The second kappa shape index (κ2) is 9.11. The fourth-order valence-corrected chi connectivity index (χ4v) is 3.44. The van der Waals surface area contributed by atoms with Crippen LogP contribution >= 0.6 is 11.6 Å². The van der Waals surface area contributed by atoms with Gasteiger partial charge in [0, 0.05) is 43.4 Å². The smallest absolute Gasteiger partial charge is 0.321 e. The number of halogens is 1. The molecule has 5 nitrogen and oxygen atoms in total. The predicted octanol–water partition coefficient (Wildman–Crippen LogP) is 4.05. The third-order valence-corrected chi connectivity index (χ3v) is 5.20. The molecule has 2 amide bonds. The maximum Gasteiger partial charge on any atom is 0.321 e. The van der Waals surface area contributed by atoms with Crippen LogP contribution in [-0.2, 0) is 6.42 Å². The molecule has 3 rings (SSSR count). The number of hydrogen-bond acceptors (Lipinski definition) is 3. The number of piperazine rings is 1. The van der Waals surface area contributed by atoms with Gasteiger partial charge in [0.1, 0.15) is 5.75 Å². The van der Waals surface area contributed by atoms with Crippen LogP contribution in [0.2, 0.25) is 5.02 Å². The van der Waals surface area contributed by atoms with Crippen LogP contribution in [0, 0.1) is 6.92 Å². The summed E-state index contributed by atoms with van der Waals surface area (Å²) in [6, 6.07) is 13.7. The molecule has 1 aliphatic rings. The van der Waals surface area contributed by atoms with Gasteiger partial charge in [0.15, 0.2) is 0 Å². The molecule has 1 saturated heterocycles. The van der Waals surface area contributed by atoms with Gasteiger partial charge in [0.25, 0.3) is 0 Å². The molecule has 144 valence electrons. The zero-order valence-corrected chi connectivity index (χ0v) is 16.6. The molecule has 0 aliphatic carbocycles. The van der Waals surface area contributed by atoms with Gasteiger partial charge in [0.05, 0.1) is 7.11 Å². The molecule has 1 heterocycles. The fraction of sp³-hybridized carbons (Fsp3) is 0.381. The summed E-state index contributed by atoms with van der Waals surface area (Å²) >= 11 is 5.97. The number of rotatable bonds is 5. The van der Waals surface area contributed by atoms with Crippen molar-refractivity contribution in [2.75, 3.05) is 45.2 Å². The zero-order chi connectivity index (χ0) is 19.2. The van der Waals surface area contributed by atoms with Gasteiger partial charge in [-0.25, -0.2) is 4.79 Å². The van der Waals surface area contributed by atoms with Crippen molar-refractivity contribution in [3.63, 3.8) is 0 Å². The van der Waals surface area contributed by atoms with E-state index in [4.69, 9.17) is 16.3 Å². The Morgan fingerprint density at radius 1 is 1.11 bits per heavy atom. The first-order chi connectivity index (χ1) is 13.0. The van der Waals surface area contributed by atoms with E-state index >= 15 is 0 Å². The summed E-state index contributed by atoms with van der Waals surface area (Å²) in [7, 11) is 1.68. The Labute approximate surface area is 165 Å². The van der Waals surface area contributed by atoms with E-state index in [0.29, 0.717) is 5.02 Å². The summed E-state index contributed by atoms with van der Waals surface area (Å²) in [6.45, 7) is 6.20. The predicted molar refractivity (Wildman–Crippen MR) is 110 cm³/mol. The molecule has 1 N–H and O–H groups in total. The van der Waals surface area contributed by atoms with E-state index in [2.05, 4.69) is 22.3 Å². The van der Waals surface area contributed by atoms with Gasteiger partial charge in [-0.05, 0) is 54.8 Å². The Morgan fingerprint density at radius 2 is 1.81 bits per heavy atom. The molecule has 6 heteroatoms. The van der Waals surface area contributed by atoms with Gasteiger partial charge < -0.3 is 15.0 Å². The standard InChI is InChI=1S/C21H26ClN3O2/c1-16-15-18(22)5-8-20(16)23-21(26)25-13-11-24(12-14-25)10-9-17-3-6-19(27-2)7-4-17/h3-8,15H,9-14H2,1-2H3,(H,23,26). The summed E-state index contributed by atoms with van der Waals surface area (Å²) in [5.41, 5.74) is 3.08. The molecular formula is C21H26ClN3O2. The van der Waals surface area contributed by atoms with Crippen LogP contribution in [0.1, 0.15) is 11.1 Å². The first kappa shape index (κ1) is 19.5. The number of carbonyl (C=O) groups is 1. The quantitative estimate of drug-likeness (QED) is 0.841. The number of ether oxygens (including phenoxy) is 1. The summed E-state index contributed by atoms with van der Waals surface area (Å²) in [5, 5.41) is 3.67. The van der Waals surface area contributed by atoms with E-state index < -0.39 is 0 Å². The Balaban J connectivity index is 1.44. The molecule has 0 atom stereocenters. The lowest BCUT2D eigenvalue weighted by molar-refractivity contribution is 0.148. The van der Waals surface area contributed by atoms with Crippen molar-refractivity contribution >= 4 is 23.3 Å². The molecule has 1 fully saturated rings. The largest absolute Gasteiger partial charge is 0.497 e. The van der Waals surface area contributed by atoms with Crippen molar-refractivity contribution in [1.82, 2.24) is 9.80 Å². The van der Waals surface area contributed by atoms with Gasteiger partial charge in [-0.3, -0.25) is 4.90 Å². The monoisotopic (exact) mass is 387 g/mol. The highest BCUT2D eigenvalue weighted by Crippen LogP contribution is 2.20. The molecule has 0 bridgehead atoms. The third kappa shape index (κ3) is 5.37. The number of anilines is 1. The highest BCUT2D eigenvalue weighted by molar-refractivity contribution is 6.30. The lowest BCUT2D eigenvalue weighted by Gasteiger charge is -2.34. The van der Waals surface area contributed by atoms with Crippen LogP contribution in [-0.4, -0.2) is 55.7 Å². The van der Waals surface area contributed by atoms with E-state index in [9.17, 15) is 4.79 Å². The molecule has 1 aliphatic heterocycles. The molecule has 2 aromatic carbocycles. The van der Waals surface area contributed by atoms with Crippen LogP contribution < -0.4 is 10.1 Å². The number of methoxy groups -OCH3 is 1. The molecular weight excluding hydrogens is 362 g/mol. The Bertz CT molecular complexity index is 771. The summed E-state index contributed by atoms with van der Waals surface area (Å²) in [5.74, 6) is 0.884. The van der Waals surface area contributed by atoms with Gasteiger partial charge >= 0.3 is 6.03 Å². The van der Waals surface area contributed by atoms with Crippen LogP contribution in [0.25, 0.3) is 0 Å². The van der Waals surface area contributed by atoms with E-state index in [0.717, 1.165) is 56.1 Å². The first-order valence-electron chi connectivity index (χ1n) is 9.22. The van der Waals surface area contributed by atoms with Crippen molar-refractivity contribution in [3.8, 4) is 5.75 Å². The second-order valence-electron chi connectivity index (χ2n) is 6.82. The number of nitrogens with zero attached hydrogens (tertiary/aromatic N) is 2. The summed E-state index contributed by atoms with van der Waals surface area (Å²) in [4.78, 5) is 16.8. The molecule has 0 spiro atoms. The normalized spacial score (nSPS) is 14.9. The van der Waals surface area contributed by atoms with Crippen LogP contribution in [0.15, 0.2) is 42.5 Å². The summed E-state index contributed by atoms with van der Waals surface area (Å²) < 4.78 is 5.19. The zero-order valence-electron chi connectivity index (χ0n) is 15.9. The highest BCUT2D eigenvalue weighted by atomic mass is 35.5. The van der Waals surface area contributed by atoms with E-state index in [1.807, 2.05) is 36.1 Å². The van der Waals surface area contributed by atoms with E-state index in [1.54, 1.807) is 13.2 Å². The minimum Gasteiger partial charge on any atom is -0.497 e. The molecule has 2 aromatic rings. The maximum absolute atomic E-state index is 12.5. The maximum atomic E-state index is 12.5. The van der Waals surface area contributed by atoms with Crippen molar-refractivity contribution < 1.29 is 9.53 Å². The van der Waals surface area contributed by atoms with Gasteiger partial charge in [-0.2, -0.15) is 0 Å². The molecule has 0 saturated carbocycles. The SMILES string of the molecule is COc1ccc(CCN2CCN(C(=O)Nc3ccc(Cl)cc3C)CC2)cc1. The average molecular weight is 388 g/mol. The second-order valence-corrected chi connectivity index (χ2v) is 7.25. The number of carbonyl (C=O) groups excluding carboxylic acids is 1. The molecule has 0 aromatic heterocycles. The number of urea groups is 1. The van der Waals surface area contributed by atoms with E-state index in [1.165, 1.54) is 5.56 Å². The van der Waals surface area contributed by atoms with Gasteiger partial charge in [-0.1, -0.05) is 23.7 Å². The van der Waals surface area contributed by atoms with Crippen molar-refractivity contribution in [2.45, 2.75) is 13.3 Å². The molecule has 0 radical (unpaired) electrons.